The summed E-state index contributed by atoms with van der Waals surface area (Å²) in [5.41, 5.74) is 0. The molecule has 1 aliphatic heterocycles. The molecule has 2 heteroatoms. The van der Waals surface area contributed by atoms with Gasteiger partial charge in [-0.2, -0.15) is 0 Å². The monoisotopic (exact) mass is 152 g/mol. The van der Waals surface area contributed by atoms with E-state index in [4.69, 9.17) is 0 Å². The second kappa shape index (κ2) is 2.95. The van der Waals surface area contributed by atoms with Crippen molar-refractivity contribution in [2.45, 2.75) is 43.9 Å². The highest BCUT2D eigenvalue weighted by molar-refractivity contribution is 5.00. The van der Waals surface area contributed by atoms with Crippen molar-refractivity contribution in [1.29, 1.82) is 0 Å². The van der Waals surface area contributed by atoms with Crippen LogP contribution in [-0.4, -0.2) is 18.2 Å². The molecule has 1 aliphatic carbocycles. The van der Waals surface area contributed by atoms with Crippen LogP contribution in [0.25, 0.3) is 0 Å². The minimum absolute atomic E-state index is 0.364. The normalized spacial score (nSPS) is 43.5. The fraction of sp³-hybridized carbons (Fsp3) is 0.778. The number of hydrogen-bond donors (Lipinski definition) is 2. The molecule has 0 radical (unpaired) electrons. The number of nitrogens with one attached hydrogen (secondary N) is 2. The molecule has 0 aromatic rings. The van der Waals surface area contributed by atoms with Gasteiger partial charge in [0.05, 0.1) is 6.17 Å². The lowest BCUT2D eigenvalue weighted by Crippen LogP contribution is -2.36. The molecule has 0 spiro atoms. The van der Waals surface area contributed by atoms with Crippen LogP contribution < -0.4 is 10.6 Å². The summed E-state index contributed by atoms with van der Waals surface area (Å²) in [5, 5.41) is 7.03. The van der Waals surface area contributed by atoms with E-state index in [1.54, 1.807) is 0 Å². The maximum Gasteiger partial charge on any atom is 0.0766 e. The zero-order valence-electron chi connectivity index (χ0n) is 6.84. The summed E-state index contributed by atoms with van der Waals surface area (Å²) in [7, 11) is 0. The molecule has 1 heterocycles. The summed E-state index contributed by atoms with van der Waals surface area (Å²) >= 11 is 0. The van der Waals surface area contributed by atoms with Gasteiger partial charge in [0.1, 0.15) is 0 Å². The van der Waals surface area contributed by atoms with Gasteiger partial charge in [0.2, 0.25) is 0 Å². The molecule has 2 unspecified atom stereocenters. The van der Waals surface area contributed by atoms with Crippen LogP contribution in [0.1, 0.15) is 25.7 Å². The largest absolute Gasteiger partial charge is 0.294 e. The van der Waals surface area contributed by atoms with Crippen LogP contribution in [0.5, 0.6) is 0 Å². The third-order valence-corrected chi connectivity index (χ3v) is 2.79. The Bertz CT molecular complexity index is 142. The highest BCUT2D eigenvalue weighted by atomic mass is 15.2. The Hall–Kier alpha value is -0.340. The summed E-state index contributed by atoms with van der Waals surface area (Å²) < 4.78 is 0. The zero-order chi connectivity index (χ0) is 7.68. The van der Waals surface area contributed by atoms with E-state index >= 15 is 0 Å². The molecule has 1 saturated heterocycles. The summed E-state index contributed by atoms with van der Waals surface area (Å²) in [4.78, 5) is 0. The van der Waals surface area contributed by atoms with Gasteiger partial charge >= 0.3 is 0 Å². The quantitative estimate of drug-likeness (QED) is 0.548. The fourth-order valence-corrected chi connectivity index (χ4v) is 2.18. The summed E-state index contributed by atoms with van der Waals surface area (Å²) in [6.07, 6.45) is 7.77. The second-order valence-electron chi connectivity index (χ2n) is 3.54. The van der Waals surface area contributed by atoms with Crippen LogP contribution in [0.2, 0.25) is 0 Å². The Labute approximate surface area is 68.1 Å². The van der Waals surface area contributed by atoms with E-state index in [1.165, 1.54) is 25.7 Å². The van der Waals surface area contributed by atoms with E-state index in [-0.39, 0.29) is 0 Å². The molecular weight excluding hydrogens is 136 g/mol. The van der Waals surface area contributed by atoms with Crippen molar-refractivity contribution in [3.8, 4) is 0 Å². The van der Waals surface area contributed by atoms with E-state index in [1.807, 2.05) is 6.08 Å². The van der Waals surface area contributed by atoms with Gasteiger partial charge < -0.3 is 0 Å². The molecule has 1 saturated carbocycles. The van der Waals surface area contributed by atoms with Crippen molar-refractivity contribution in [1.82, 2.24) is 10.6 Å². The third-order valence-electron chi connectivity index (χ3n) is 2.79. The van der Waals surface area contributed by atoms with Crippen molar-refractivity contribution < 1.29 is 0 Å². The molecule has 0 aromatic carbocycles. The molecular formula is C9H16N2. The Morgan fingerprint density at radius 1 is 1.09 bits per heavy atom. The maximum atomic E-state index is 3.78. The zero-order valence-corrected chi connectivity index (χ0v) is 6.84. The number of hydrogen-bond acceptors (Lipinski definition) is 2. The molecule has 2 rings (SSSR count). The predicted octanol–water partition coefficient (Wildman–Crippen LogP) is 1.00. The molecule has 2 N–H and O–H groups in total. The van der Waals surface area contributed by atoms with E-state index in [2.05, 4.69) is 17.2 Å². The van der Waals surface area contributed by atoms with Gasteiger partial charge in [0, 0.05) is 12.1 Å². The van der Waals surface area contributed by atoms with Gasteiger partial charge in [-0.1, -0.05) is 18.9 Å². The Kier molecular flexibility index (Phi) is 1.96. The van der Waals surface area contributed by atoms with Crippen molar-refractivity contribution in [2.24, 2.45) is 0 Å². The molecule has 2 fully saturated rings. The van der Waals surface area contributed by atoms with Crippen LogP contribution in [0.15, 0.2) is 12.7 Å². The van der Waals surface area contributed by atoms with Crippen molar-refractivity contribution >= 4 is 0 Å². The Balaban J connectivity index is 1.97. The lowest BCUT2D eigenvalue weighted by molar-refractivity contribution is 0.374. The van der Waals surface area contributed by atoms with Crippen LogP contribution in [-0.2, 0) is 0 Å². The molecule has 2 nitrogen and oxygen atoms in total. The van der Waals surface area contributed by atoms with Crippen LogP contribution in [0, 0.1) is 0 Å². The average molecular weight is 152 g/mol. The highest BCUT2D eigenvalue weighted by Gasteiger charge is 2.32. The van der Waals surface area contributed by atoms with E-state index < -0.39 is 0 Å². The molecule has 11 heavy (non-hydrogen) atoms. The minimum atomic E-state index is 0.364. The second-order valence-corrected chi connectivity index (χ2v) is 3.54. The molecule has 62 valence electrons. The number of rotatable bonds is 1. The van der Waals surface area contributed by atoms with E-state index in [9.17, 15) is 0 Å². The average Bonchev–Trinajstić information content (AvgIpc) is 2.46. The van der Waals surface area contributed by atoms with Crippen LogP contribution >= 0.6 is 0 Å². The lowest BCUT2D eigenvalue weighted by atomic mass is 9.92. The van der Waals surface area contributed by atoms with E-state index in [0.29, 0.717) is 18.2 Å². The van der Waals surface area contributed by atoms with Gasteiger partial charge in [-0.05, 0) is 12.8 Å². The SMILES string of the molecule is C=CC1NC2CCCCC2N1. The number of fused-ring (bicyclic) bond motifs is 1. The van der Waals surface area contributed by atoms with Gasteiger partial charge in [-0.3, -0.25) is 10.6 Å². The Morgan fingerprint density at radius 3 is 2.09 bits per heavy atom. The Morgan fingerprint density at radius 2 is 1.64 bits per heavy atom. The van der Waals surface area contributed by atoms with Gasteiger partial charge in [0.15, 0.2) is 0 Å². The van der Waals surface area contributed by atoms with Crippen molar-refractivity contribution in [3.05, 3.63) is 12.7 Å². The summed E-state index contributed by atoms with van der Waals surface area (Å²) in [6.45, 7) is 3.78. The van der Waals surface area contributed by atoms with E-state index in [0.717, 1.165) is 0 Å². The maximum absolute atomic E-state index is 3.78. The van der Waals surface area contributed by atoms with Gasteiger partial charge in [0.25, 0.3) is 0 Å². The van der Waals surface area contributed by atoms with Crippen molar-refractivity contribution in [3.63, 3.8) is 0 Å². The van der Waals surface area contributed by atoms with Crippen molar-refractivity contribution in [2.75, 3.05) is 0 Å². The fourth-order valence-electron chi connectivity index (χ4n) is 2.18. The first-order chi connectivity index (χ1) is 5.40. The predicted molar refractivity (Wildman–Crippen MR) is 46.3 cm³/mol. The summed E-state index contributed by atoms with van der Waals surface area (Å²) in [6, 6.07) is 1.43. The minimum Gasteiger partial charge on any atom is -0.294 e. The van der Waals surface area contributed by atoms with Crippen LogP contribution in [0.4, 0.5) is 0 Å². The molecule has 0 amide bonds. The molecule has 2 aliphatic rings. The summed E-state index contributed by atoms with van der Waals surface area (Å²) in [5.74, 6) is 0. The first-order valence-corrected chi connectivity index (χ1v) is 4.55. The highest BCUT2D eigenvalue weighted by Crippen LogP contribution is 2.22. The molecule has 0 aromatic heterocycles. The topological polar surface area (TPSA) is 24.1 Å². The molecule has 0 bridgehead atoms. The first kappa shape index (κ1) is 7.32. The van der Waals surface area contributed by atoms with Gasteiger partial charge in [-0.15, -0.1) is 6.58 Å². The smallest absolute Gasteiger partial charge is 0.0766 e. The molecule has 2 atom stereocenters. The van der Waals surface area contributed by atoms with Gasteiger partial charge in [-0.25, -0.2) is 0 Å². The lowest BCUT2D eigenvalue weighted by Gasteiger charge is -2.23. The third kappa shape index (κ3) is 1.33. The first-order valence-electron chi connectivity index (χ1n) is 4.55. The van der Waals surface area contributed by atoms with Crippen LogP contribution in [0.3, 0.4) is 0 Å². The standard InChI is InChI=1S/C9H16N2/c1-2-9-10-7-5-3-4-6-8(7)11-9/h2,7-11H,1,3-6H2.